The first-order valence-corrected chi connectivity index (χ1v) is 8.18. The second kappa shape index (κ2) is 6.12. The summed E-state index contributed by atoms with van der Waals surface area (Å²) in [6, 6.07) is 7.06. The lowest BCUT2D eigenvalue weighted by molar-refractivity contribution is -0.133. The van der Waals surface area contributed by atoms with Crippen molar-refractivity contribution in [3.05, 3.63) is 52.2 Å². The molecule has 0 aliphatic carbocycles. The van der Waals surface area contributed by atoms with Crippen molar-refractivity contribution in [3.63, 3.8) is 0 Å². The molecule has 8 nitrogen and oxygen atoms in total. The third-order valence-electron chi connectivity index (χ3n) is 4.62. The number of hydrogen-bond donors (Lipinski definition) is 0. The predicted molar refractivity (Wildman–Crippen MR) is 88.7 cm³/mol. The third-order valence-corrected chi connectivity index (χ3v) is 4.62. The van der Waals surface area contributed by atoms with E-state index in [-0.39, 0.29) is 24.1 Å². The minimum absolute atomic E-state index is 0.0928. The van der Waals surface area contributed by atoms with E-state index in [1.165, 1.54) is 4.68 Å². The van der Waals surface area contributed by atoms with Crippen molar-refractivity contribution >= 4 is 16.7 Å². The fourth-order valence-corrected chi connectivity index (χ4v) is 3.35. The highest BCUT2D eigenvalue weighted by molar-refractivity contribution is 5.81. The van der Waals surface area contributed by atoms with Crippen molar-refractivity contribution in [1.82, 2.24) is 25.0 Å². The zero-order chi connectivity index (χ0) is 17.4. The van der Waals surface area contributed by atoms with Crippen LogP contribution < -0.4 is 5.56 Å². The van der Waals surface area contributed by atoms with Gasteiger partial charge in [0.15, 0.2) is 0 Å². The van der Waals surface area contributed by atoms with Gasteiger partial charge in [0, 0.05) is 11.9 Å². The maximum atomic E-state index is 12.8. The molecule has 1 saturated heterocycles. The monoisotopic (exact) mass is 339 g/mol. The average molecular weight is 339 g/mol. The van der Waals surface area contributed by atoms with Gasteiger partial charge in [0.25, 0.3) is 5.56 Å². The van der Waals surface area contributed by atoms with Gasteiger partial charge in [-0.25, -0.2) is 9.31 Å². The number of aryl methyl sites for hydroxylation is 1. The number of likely N-dealkylation sites (tertiary alicyclic amines) is 1. The first kappa shape index (κ1) is 15.5. The lowest BCUT2D eigenvalue weighted by Crippen LogP contribution is -2.37. The molecule has 25 heavy (non-hydrogen) atoms. The normalized spacial score (nSPS) is 17.3. The third kappa shape index (κ3) is 2.69. The van der Waals surface area contributed by atoms with Crippen molar-refractivity contribution in [2.75, 3.05) is 6.54 Å². The lowest BCUT2D eigenvalue weighted by Gasteiger charge is -2.23. The molecule has 1 aliphatic rings. The van der Waals surface area contributed by atoms with Crippen LogP contribution in [0.3, 0.4) is 0 Å². The van der Waals surface area contributed by atoms with Crippen molar-refractivity contribution in [1.29, 1.82) is 0 Å². The van der Waals surface area contributed by atoms with Crippen LogP contribution >= 0.6 is 0 Å². The van der Waals surface area contributed by atoms with Gasteiger partial charge in [-0.05, 0) is 25.8 Å². The van der Waals surface area contributed by atoms with Gasteiger partial charge in [0.05, 0.1) is 17.6 Å². The van der Waals surface area contributed by atoms with Gasteiger partial charge in [-0.15, -0.1) is 0 Å². The van der Waals surface area contributed by atoms with E-state index in [0.717, 1.165) is 18.2 Å². The summed E-state index contributed by atoms with van der Waals surface area (Å²) in [7, 11) is 0. The Balaban J connectivity index is 1.61. The summed E-state index contributed by atoms with van der Waals surface area (Å²) >= 11 is 0. The van der Waals surface area contributed by atoms with E-state index < -0.39 is 0 Å². The summed E-state index contributed by atoms with van der Waals surface area (Å²) in [5.41, 5.74) is 1.11. The summed E-state index contributed by atoms with van der Waals surface area (Å²) in [6.45, 7) is 2.34. The van der Waals surface area contributed by atoms with Gasteiger partial charge < -0.3 is 4.90 Å². The number of hydrogen-bond acceptors (Lipinski definition) is 6. The molecule has 1 fully saturated rings. The van der Waals surface area contributed by atoms with E-state index in [0.29, 0.717) is 23.3 Å². The first-order valence-electron chi connectivity index (χ1n) is 8.18. The average Bonchev–Trinajstić information content (AvgIpc) is 3.26. The highest BCUT2D eigenvalue weighted by atomic mass is 16.6. The smallest absolute Gasteiger partial charge is 0.275 e. The van der Waals surface area contributed by atoms with Crippen LogP contribution in [0.4, 0.5) is 0 Å². The largest absolute Gasteiger partial charge is 0.332 e. The molecule has 0 N–H and O–H groups in total. The van der Waals surface area contributed by atoms with Crippen LogP contribution in [0.25, 0.3) is 10.8 Å². The lowest BCUT2D eigenvalue weighted by atomic mass is 10.1. The van der Waals surface area contributed by atoms with E-state index >= 15 is 0 Å². The zero-order valence-corrected chi connectivity index (χ0v) is 13.8. The second-order valence-electron chi connectivity index (χ2n) is 6.17. The van der Waals surface area contributed by atoms with Gasteiger partial charge in [-0.2, -0.15) is 5.10 Å². The number of aromatic nitrogens is 4. The Morgan fingerprint density at radius 1 is 1.32 bits per heavy atom. The Bertz CT molecular complexity index is 993. The van der Waals surface area contributed by atoms with E-state index in [2.05, 4.69) is 15.4 Å². The van der Waals surface area contributed by atoms with E-state index in [4.69, 9.17) is 4.63 Å². The predicted octanol–water partition coefficient (Wildman–Crippen LogP) is 1.45. The molecule has 3 aromatic rings. The highest BCUT2D eigenvalue weighted by Gasteiger charge is 2.33. The summed E-state index contributed by atoms with van der Waals surface area (Å²) < 4.78 is 5.98. The Kier molecular flexibility index (Phi) is 3.79. The number of rotatable bonds is 3. The van der Waals surface area contributed by atoms with E-state index in [9.17, 15) is 9.59 Å². The number of nitrogens with zero attached hydrogens (tertiary/aromatic N) is 5. The number of carbonyl (C=O) groups excluding carboxylic acids is 1. The Hall–Kier alpha value is -3.03. The van der Waals surface area contributed by atoms with E-state index in [1.54, 1.807) is 23.2 Å². The van der Waals surface area contributed by atoms with E-state index in [1.807, 2.05) is 19.1 Å². The zero-order valence-electron chi connectivity index (χ0n) is 13.8. The standard InChI is InChI=1S/C17H17N5O3/c1-11-16(20-25-19-11)14-7-4-8-21(14)15(23)10-22-17(24)13-6-3-2-5-12(13)9-18-22/h2-3,5-6,9,14H,4,7-8,10H2,1H3/t14-/m0/s1. The molecule has 4 rings (SSSR count). The van der Waals surface area contributed by atoms with Crippen LogP contribution in [0.5, 0.6) is 0 Å². The van der Waals surface area contributed by atoms with Gasteiger partial charge >= 0.3 is 0 Å². The molecule has 0 saturated carbocycles. The Labute approximate surface area is 143 Å². The molecule has 128 valence electrons. The molecule has 1 atom stereocenters. The van der Waals surface area contributed by atoms with Gasteiger partial charge in [-0.1, -0.05) is 28.5 Å². The number of amides is 1. The summed E-state index contributed by atoms with van der Waals surface area (Å²) in [5.74, 6) is -0.158. The molecule has 1 amide bonds. The summed E-state index contributed by atoms with van der Waals surface area (Å²) in [5, 5.41) is 13.2. The van der Waals surface area contributed by atoms with Crippen molar-refractivity contribution in [2.45, 2.75) is 32.4 Å². The maximum absolute atomic E-state index is 12.8. The second-order valence-corrected chi connectivity index (χ2v) is 6.17. The van der Waals surface area contributed by atoms with Crippen LogP contribution in [0.2, 0.25) is 0 Å². The molecule has 3 heterocycles. The molecule has 2 aromatic heterocycles. The Morgan fingerprint density at radius 3 is 2.96 bits per heavy atom. The van der Waals surface area contributed by atoms with Crippen LogP contribution in [-0.4, -0.2) is 37.4 Å². The van der Waals surface area contributed by atoms with Crippen molar-refractivity contribution in [2.24, 2.45) is 0 Å². The molecular formula is C17H17N5O3. The van der Waals surface area contributed by atoms with Crippen LogP contribution in [0.15, 0.2) is 39.9 Å². The minimum atomic E-state index is -0.263. The molecule has 0 bridgehead atoms. The molecule has 0 spiro atoms. The number of benzene rings is 1. The number of fused-ring (bicyclic) bond motifs is 1. The highest BCUT2D eigenvalue weighted by Crippen LogP contribution is 2.32. The molecule has 0 radical (unpaired) electrons. The Morgan fingerprint density at radius 2 is 2.16 bits per heavy atom. The topological polar surface area (TPSA) is 94.1 Å². The maximum Gasteiger partial charge on any atom is 0.275 e. The van der Waals surface area contributed by atoms with Crippen LogP contribution in [-0.2, 0) is 11.3 Å². The van der Waals surface area contributed by atoms with Crippen molar-refractivity contribution < 1.29 is 9.42 Å². The first-order chi connectivity index (χ1) is 12.1. The fourth-order valence-electron chi connectivity index (χ4n) is 3.35. The summed E-state index contributed by atoms with van der Waals surface area (Å²) in [6.07, 6.45) is 3.29. The fraction of sp³-hybridized carbons (Fsp3) is 0.353. The van der Waals surface area contributed by atoms with Gasteiger partial charge in [0.2, 0.25) is 5.91 Å². The van der Waals surface area contributed by atoms with Gasteiger partial charge in [0.1, 0.15) is 17.9 Å². The molecule has 1 aromatic carbocycles. The minimum Gasteiger partial charge on any atom is -0.332 e. The van der Waals surface area contributed by atoms with Crippen molar-refractivity contribution in [3.8, 4) is 0 Å². The SMILES string of the molecule is Cc1nonc1[C@@H]1CCCN1C(=O)Cn1ncc2ccccc2c1=O. The summed E-state index contributed by atoms with van der Waals surface area (Å²) in [4.78, 5) is 27.0. The quantitative estimate of drug-likeness (QED) is 0.717. The van der Waals surface area contributed by atoms with Gasteiger partial charge in [-0.3, -0.25) is 9.59 Å². The molecule has 8 heteroatoms. The van der Waals surface area contributed by atoms with Crippen LogP contribution in [0.1, 0.15) is 30.3 Å². The van der Waals surface area contributed by atoms with Crippen LogP contribution in [0, 0.1) is 6.92 Å². The number of carbonyl (C=O) groups is 1. The molecule has 0 unspecified atom stereocenters. The molecule has 1 aliphatic heterocycles. The molecular weight excluding hydrogens is 322 g/mol.